The summed E-state index contributed by atoms with van der Waals surface area (Å²) >= 11 is 4.96. The molecule has 0 aliphatic rings. The van der Waals surface area contributed by atoms with Crippen molar-refractivity contribution in [3.63, 3.8) is 0 Å². The Hall–Kier alpha value is -0.790. The van der Waals surface area contributed by atoms with Crippen molar-refractivity contribution in [1.29, 1.82) is 5.26 Å². The average Bonchev–Trinajstić information content (AvgIpc) is 2.44. The van der Waals surface area contributed by atoms with E-state index in [1.807, 2.05) is 19.1 Å². The van der Waals surface area contributed by atoms with E-state index in [0.717, 1.165) is 14.2 Å². The number of hydrogen-bond acceptors (Lipinski definition) is 3. The van der Waals surface area contributed by atoms with Gasteiger partial charge in [0.25, 0.3) is 0 Å². The van der Waals surface area contributed by atoms with E-state index >= 15 is 0 Å². The van der Waals surface area contributed by atoms with E-state index in [1.54, 1.807) is 18.3 Å². The largest absolute Gasteiger partial charge is 0.397 e. The van der Waals surface area contributed by atoms with Gasteiger partial charge in [-0.1, -0.05) is 0 Å². The minimum atomic E-state index is 0.564. The molecule has 1 heterocycles. The van der Waals surface area contributed by atoms with Crippen LogP contribution in [0.25, 0.3) is 5.70 Å². The Kier molecular flexibility index (Phi) is 3.12. The number of rotatable bonds is 1. The number of hydrogen-bond donors (Lipinski definition) is 1. The maximum Gasteiger partial charge on any atom is 0.0966 e. The quantitative estimate of drug-likeness (QED) is 0.786. The standard InChI is InChI=1S/C9H9BrN2S/c1-5-3-7(13-9(5)10)8(12)6(2)4-11/h3H,12H2,1-2H3. The van der Waals surface area contributed by atoms with E-state index in [1.165, 1.54) is 0 Å². The molecule has 0 bridgehead atoms. The smallest absolute Gasteiger partial charge is 0.0966 e. The van der Waals surface area contributed by atoms with Crippen molar-refractivity contribution >= 4 is 33.0 Å². The number of nitrogens with zero attached hydrogens (tertiary/aromatic N) is 1. The van der Waals surface area contributed by atoms with Crippen LogP contribution in [-0.4, -0.2) is 0 Å². The van der Waals surface area contributed by atoms with Gasteiger partial charge in [0, 0.05) is 0 Å². The number of nitriles is 1. The second-order valence-electron chi connectivity index (χ2n) is 2.72. The fraction of sp³-hybridized carbons (Fsp3) is 0.222. The van der Waals surface area contributed by atoms with E-state index in [4.69, 9.17) is 11.0 Å². The summed E-state index contributed by atoms with van der Waals surface area (Å²) in [5.74, 6) is 0. The molecule has 2 nitrogen and oxygen atoms in total. The number of thiophene rings is 1. The summed E-state index contributed by atoms with van der Waals surface area (Å²) in [7, 11) is 0. The highest BCUT2D eigenvalue weighted by Gasteiger charge is 2.07. The molecule has 2 N–H and O–H groups in total. The molecule has 0 aliphatic carbocycles. The SMILES string of the molecule is CC(C#N)=C(N)c1cc(C)c(Br)s1. The first-order valence-corrected chi connectivity index (χ1v) is 5.30. The lowest BCUT2D eigenvalue weighted by Crippen LogP contribution is -1.96. The first kappa shape index (κ1) is 10.3. The van der Waals surface area contributed by atoms with Crippen molar-refractivity contribution < 1.29 is 0 Å². The molecule has 68 valence electrons. The predicted octanol–water partition coefficient (Wildman–Crippen LogP) is 3.03. The molecule has 4 heteroatoms. The van der Waals surface area contributed by atoms with Gasteiger partial charge in [-0.25, -0.2) is 0 Å². The zero-order valence-electron chi connectivity index (χ0n) is 7.39. The van der Waals surface area contributed by atoms with Gasteiger partial charge >= 0.3 is 0 Å². The third-order valence-corrected chi connectivity index (χ3v) is 3.86. The van der Waals surface area contributed by atoms with Gasteiger partial charge in [0.1, 0.15) is 0 Å². The third-order valence-electron chi connectivity index (χ3n) is 1.69. The zero-order chi connectivity index (χ0) is 10.0. The molecule has 0 amide bonds. The van der Waals surface area contributed by atoms with Gasteiger partial charge in [-0.2, -0.15) is 5.26 Å². The Morgan fingerprint density at radius 3 is 2.69 bits per heavy atom. The van der Waals surface area contributed by atoms with Crippen LogP contribution < -0.4 is 5.73 Å². The zero-order valence-corrected chi connectivity index (χ0v) is 9.79. The van der Waals surface area contributed by atoms with Crippen LogP contribution in [0.2, 0.25) is 0 Å². The van der Waals surface area contributed by atoms with Gasteiger partial charge in [0.15, 0.2) is 0 Å². The maximum absolute atomic E-state index is 8.65. The van der Waals surface area contributed by atoms with E-state index in [9.17, 15) is 0 Å². The first-order valence-electron chi connectivity index (χ1n) is 3.69. The van der Waals surface area contributed by atoms with Crippen molar-refractivity contribution in [2.45, 2.75) is 13.8 Å². The minimum absolute atomic E-state index is 0.564. The van der Waals surface area contributed by atoms with Crippen LogP contribution in [0.5, 0.6) is 0 Å². The summed E-state index contributed by atoms with van der Waals surface area (Å²) in [6, 6.07) is 4.01. The van der Waals surface area contributed by atoms with Gasteiger partial charge in [-0.3, -0.25) is 0 Å². The van der Waals surface area contributed by atoms with Crippen LogP contribution >= 0.6 is 27.3 Å². The van der Waals surface area contributed by atoms with Gasteiger partial charge in [0.05, 0.1) is 26.0 Å². The van der Waals surface area contributed by atoms with E-state index in [0.29, 0.717) is 11.3 Å². The number of nitrogens with two attached hydrogens (primary N) is 1. The monoisotopic (exact) mass is 256 g/mol. The molecule has 0 fully saturated rings. The molecule has 0 aromatic carbocycles. The highest BCUT2D eigenvalue weighted by atomic mass is 79.9. The lowest BCUT2D eigenvalue weighted by Gasteiger charge is -1.96. The highest BCUT2D eigenvalue weighted by molar-refractivity contribution is 9.11. The summed E-state index contributed by atoms with van der Waals surface area (Å²) in [4.78, 5) is 0.948. The lowest BCUT2D eigenvalue weighted by molar-refractivity contribution is 1.41. The number of halogens is 1. The average molecular weight is 257 g/mol. The second kappa shape index (κ2) is 3.95. The molecule has 13 heavy (non-hydrogen) atoms. The molecule has 0 unspecified atom stereocenters. The van der Waals surface area contributed by atoms with E-state index < -0.39 is 0 Å². The molecule has 0 atom stereocenters. The Labute approximate surface area is 89.8 Å². The molecule has 0 aliphatic heterocycles. The lowest BCUT2D eigenvalue weighted by atomic mass is 10.2. The normalized spacial score (nSPS) is 12.2. The van der Waals surface area contributed by atoms with Crippen LogP contribution in [0.4, 0.5) is 0 Å². The summed E-state index contributed by atoms with van der Waals surface area (Å²) in [6.07, 6.45) is 0. The van der Waals surface area contributed by atoms with Crippen molar-refractivity contribution in [2.75, 3.05) is 0 Å². The van der Waals surface area contributed by atoms with Crippen molar-refractivity contribution in [3.05, 3.63) is 25.9 Å². The molecule has 1 aromatic heterocycles. The molecule has 1 rings (SSSR count). The Bertz CT molecular complexity index is 379. The molecule has 0 saturated carbocycles. The molecular weight excluding hydrogens is 248 g/mol. The van der Waals surface area contributed by atoms with Crippen molar-refractivity contribution in [1.82, 2.24) is 0 Å². The summed E-state index contributed by atoms with van der Waals surface area (Å²) in [5, 5.41) is 8.65. The predicted molar refractivity (Wildman–Crippen MR) is 59.2 cm³/mol. The topological polar surface area (TPSA) is 49.8 Å². The van der Waals surface area contributed by atoms with E-state index in [-0.39, 0.29) is 0 Å². The maximum atomic E-state index is 8.65. The van der Waals surface area contributed by atoms with Crippen LogP contribution in [-0.2, 0) is 0 Å². The number of aryl methyl sites for hydroxylation is 1. The summed E-state index contributed by atoms with van der Waals surface area (Å²) in [6.45, 7) is 3.72. The van der Waals surface area contributed by atoms with Crippen LogP contribution in [0.15, 0.2) is 15.4 Å². The molecular formula is C9H9BrN2S. The summed E-state index contributed by atoms with van der Waals surface area (Å²) < 4.78 is 1.07. The molecule has 0 saturated heterocycles. The second-order valence-corrected chi connectivity index (χ2v) is 5.09. The Morgan fingerprint density at radius 2 is 2.31 bits per heavy atom. The highest BCUT2D eigenvalue weighted by Crippen LogP contribution is 2.30. The molecule has 1 aromatic rings. The third kappa shape index (κ3) is 2.11. The van der Waals surface area contributed by atoms with Gasteiger partial charge in [-0.05, 0) is 41.4 Å². The van der Waals surface area contributed by atoms with Gasteiger partial charge in [0.2, 0.25) is 0 Å². The fourth-order valence-corrected chi connectivity index (χ4v) is 2.39. The van der Waals surface area contributed by atoms with Crippen LogP contribution in [0, 0.1) is 18.3 Å². The van der Waals surface area contributed by atoms with Crippen molar-refractivity contribution in [3.8, 4) is 6.07 Å². The minimum Gasteiger partial charge on any atom is -0.397 e. The van der Waals surface area contributed by atoms with Crippen LogP contribution in [0.1, 0.15) is 17.4 Å². The molecule has 0 radical (unpaired) electrons. The Morgan fingerprint density at radius 1 is 1.69 bits per heavy atom. The van der Waals surface area contributed by atoms with Crippen LogP contribution in [0.3, 0.4) is 0 Å². The fourth-order valence-electron chi connectivity index (χ4n) is 0.838. The van der Waals surface area contributed by atoms with Gasteiger partial charge < -0.3 is 5.73 Å². The molecule has 0 spiro atoms. The summed E-state index contributed by atoms with van der Waals surface area (Å²) in [5.41, 5.74) is 8.06. The number of allylic oxidation sites excluding steroid dienone is 1. The van der Waals surface area contributed by atoms with Gasteiger partial charge in [-0.15, -0.1) is 11.3 Å². The van der Waals surface area contributed by atoms with Crippen molar-refractivity contribution in [2.24, 2.45) is 5.73 Å². The van der Waals surface area contributed by atoms with E-state index in [2.05, 4.69) is 15.9 Å². The first-order chi connectivity index (χ1) is 6.06. The Balaban J connectivity index is 3.18.